The number of nitro groups is 1. The van der Waals surface area contributed by atoms with E-state index in [2.05, 4.69) is 17.1 Å². The molecule has 0 spiro atoms. The Morgan fingerprint density at radius 3 is 2.85 bits per heavy atom. The summed E-state index contributed by atoms with van der Waals surface area (Å²) in [5.74, 6) is 0.303. The number of piperidine rings is 1. The smallest absolute Gasteiger partial charge is 0.294 e. The molecule has 0 radical (unpaired) electrons. The summed E-state index contributed by atoms with van der Waals surface area (Å²) in [7, 11) is 0. The molecule has 0 aliphatic carbocycles. The van der Waals surface area contributed by atoms with E-state index in [9.17, 15) is 14.9 Å². The summed E-state index contributed by atoms with van der Waals surface area (Å²) in [6.45, 7) is 5.21. The van der Waals surface area contributed by atoms with Gasteiger partial charge in [0.1, 0.15) is 5.69 Å². The van der Waals surface area contributed by atoms with E-state index in [1.807, 2.05) is 0 Å². The number of amides is 1. The normalized spacial score (nSPS) is 18.7. The number of carbonyl (C=O) groups excluding carboxylic acids is 1. The van der Waals surface area contributed by atoms with Crippen molar-refractivity contribution >= 4 is 23.0 Å². The van der Waals surface area contributed by atoms with Crippen LogP contribution in [0.15, 0.2) is 18.2 Å². The molecule has 1 heterocycles. The molecule has 0 aromatic heterocycles. The maximum atomic E-state index is 11.3. The van der Waals surface area contributed by atoms with E-state index in [1.54, 1.807) is 12.1 Å². The zero-order valence-electron chi connectivity index (χ0n) is 11.8. The summed E-state index contributed by atoms with van der Waals surface area (Å²) in [5, 5.41) is 13.8. The van der Waals surface area contributed by atoms with Gasteiger partial charge in [-0.25, -0.2) is 0 Å². The van der Waals surface area contributed by atoms with E-state index in [-0.39, 0.29) is 16.5 Å². The van der Waals surface area contributed by atoms with Gasteiger partial charge in [-0.3, -0.25) is 14.9 Å². The highest BCUT2D eigenvalue weighted by Crippen LogP contribution is 2.33. The van der Waals surface area contributed by atoms with Crippen LogP contribution in [-0.4, -0.2) is 23.9 Å². The Hall–Kier alpha value is -2.11. The third kappa shape index (κ3) is 3.26. The van der Waals surface area contributed by atoms with Gasteiger partial charge in [-0.2, -0.15) is 0 Å². The molecule has 1 aromatic rings. The van der Waals surface area contributed by atoms with Gasteiger partial charge in [0.2, 0.25) is 5.91 Å². The highest BCUT2D eigenvalue weighted by atomic mass is 16.6. The standard InChI is InChI=1S/C14H19N3O3/c1-10-4-3-7-16(9-10)13-6-5-12(15-11(2)18)8-14(13)17(19)20/h5-6,8,10H,3-4,7,9H2,1-2H3,(H,15,18)/t10-/m1/s1. The number of carbonyl (C=O) groups is 1. The van der Waals surface area contributed by atoms with E-state index in [0.717, 1.165) is 25.9 Å². The molecule has 0 saturated carbocycles. The fourth-order valence-electron chi connectivity index (χ4n) is 2.63. The number of benzene rings is 1. The zero-order chi connectivity index (χ0) is 14.7. The van der Waals surface area contributed by atoms with E-state index in [0.29, 0.717) is 17.3 Å². The summed E-state index contributed by atoms with van der Waals surface area (Å²) >= 11 is 0. The average molecular weight is 277 g/mol. The van der Waals surface area contributed by atoms with Gasteiger partial charge in [0, 0.05) is 31.8 Å². The lowest BCUT2D eigenvalue weighted by Gasteiger charge is -2.32. The molecule has 1 aliphatic rings. The topological polar surface area (TPSA) is 75.5 Å². The Bertz CT molecular complexity index is 530. The van der Waals surface area contributed by atoms with Crippen LogP contribution >= 0.6 is 0 Å². The quantitative estimate of drug-likeness (QED) is 0.681. The lowest BCUT2D eigenvalue weighted by molar-refractivity contribution is -0.384. The van der Waals surface area contributed by atoms with Crippen molar-refractivity contribution in [3.8, 4) is 0 Å². The van der Waals surface area contributed by atoms with Crippen molar-refractivity contribution in [2.24, 2.45) is 5.92 Å². The first-order chi connectivity index (χ1) is 9.47. The lowest BCUT2D eigenvalue weighted by atomic mass is 9.99. The van der Waals surface area contributed by atoms with Gasteiger partial charge in [0.05, 0.1) is 4.92 Å². The molecule has 2 rings (SSSR count). The van der Waals surface area contributed by atoms with Gasteiger partial charge in [0.15, 0.2) is 0 Å². The predicted octanol–water partition coefficient (Wildman–Crippen LogP) is 2.79. The van der Waals surface area contributed by atoms with E-state index in [1.165, 1.54) is 13.0 Å². The molecule has 0 unspecified atom stereocenters. The van der Waals surface area contributed by atoms with Gasteiger partial charge < -0.3 is 10.2 Å². The fraction of sp³-hybridized carbons (Fsp3) is 0.500. The van der Waals surface area contributed by atoms with Crippen molar-refractivity contribution in [2.75, 3.05) is 23.3 Å². The van der Waals surface area contributed by atoms with Gasteiger partial charge in [-0.05, 0) is 30.9 Å². The molecule has 0 bridgehead atoms. The van der Waals surface area contributed by atoms with Crippen LogP contribution in [0.1, 0.15) is 26.7 Å². The Labute approximate surface area is 117 Å². The van der Waals surface area contributed by atoms with Crippen LogP contribution in [0.4, 0.5) is 17.1 Å². The van der Waals surface area contributed by atoms with Gasteiger partial charge in [-0.15, -0.1) is 0 Å². The van der Waals surface area contributed by atoms with Gasteiger partial charge in [-0.1, -0.05) is 6.92 Å². The minimum absolute atomic E-state index is 0.0466. The second-order valence-electron chi connectivity index (χ2n) is 5.34. The molecule has 1 saturated heterocycles. The van der Waals surface area contributed by atoms with Crippen LogP contribution in [0, 0.1) is 16.0 Å². The summed E-state index contributed by atoms with van der Waals surface area (Å²) in [4.78, 5) is 24.0. The van der Waals surface area contributed by atoms with Crippen molar-refractivity contribution in [1.29, 1.82) is 0 Å². The minimum Gasteiger partial charge on any atom is -0.366 e. The molecular formula is C14H19N3O3. The first-order valence-electron chi connectivity index (χ1n) is 6.78. The van der Waals surface area contributed by atoms with Gasteiger partial charge in [0.25, 0.3) is 5.69 Å². The maximum absolute atomic E-state index is 11.3. The number of nitro benzene ring substituents is 1. The van der Waals surface area contributed by atoms with Crippen LogP contribution < -0.4 is 10.2 Å². The molecule has 1 aliphatic heterocycles. The van der Waals surface area contributed by atoms with Crippen molar-refractivity contribution in [2.45, 2.75) is 26.7 Å². The van der Waals surface area contributed by atoms with E-state index in [4.69, 9.17) is 0 Å². The van der Waals surface area contributed by atoms with Crippen LogP contribution in [0.5, 0.6) is 0 Å². The van der Waals surface area contributed by atoms with Crippen LogP contribution in [0.2, 0.25) is 0 Å². The zero-order valence-corrected chi connectivity index (χ0v) is 11.8. The summed E-state index contributed by atoms with van der Waals surface area (Å²) in [6.07, 6.45) is 2.21. The number of nitrogens with zero attached hydrogens (tertiary/aromatic N) is 2. The van der Waals surface area contributed by atoms with E-state index < -0.39 is 0 Å². The molecule has 108 valence electrons. The predicted molar refractivity (Wildman–Crippen MR) is 78.0 cm³/mol. The first kappa shape index (κ1) is 14.3. The van der Waals surface area contributed by atoms with Crippen molar-refractivity contribution in [3.63, 3.8) is 0 Å². The Morgan fingerprint density at radius 2 is 2.25 bits per heavy atom. The fourth-order valence-corrected chi connectivity index (χ4v) is 2.63. The lowest BCUT2D eigenvalue weighted by Crippen LogP contribution is -2.34. The second-order valence-corrected chi connectivity index (χ2v) is 5.34. The molecule has 6 nitrogen and oxygen atoms in total. The molecule has 20 heavy (non-hydrogen) atoms. The Kier molecular flexibility index (Phi) is 4.22. The molecule has 6 heteroatoms. The Balaban J connectivity index is 2.32. The largest absolute Gasteiger partial charge is 0.366 e. The first-order valence-corrected chi connectivity index (χ1v) is 6.78. The number of hydrogen-bond acceptors (Lipinski definition) is 4. The number of hydrogen-bond donors (Lipinski definition) is 1. The molecule has 1 amide bonds. The molecule has 1 atom stereocenters. The third-order valence-electron chi connectivity index (χ3n) is 3.49. The highest BCUT2D eigenvalue weighted by Gasteiger charge is 2.24. The minimum atomic E-state index is -0.389. The summed E-state index contributed by atoms with van der Waals surface area (Å²) < 4.78 is 0. The second kappa shape index (κ2) is 5.90. The van der Waals surface area contributed by atoms with Crippen molar-refractivity contribution in [3.05, 3.63) is 28.3 Å². The molecule has 1 fully saturated rings. The van der Waals surface area contributed by atoms with E-state index >= 15 is 0 Å². The van der Waals surface area contributed by atoms with Crippen LogP contribution in [-0.2, 0) is 4.79 Å². The van der Waals surface area contributed by atoms with Crippen LogP contribution in [0.3, 0.4) is 0 Å². The monoisotopic (exact) mass is 277 g/mol. The van der Waals surface area contributed by atoms with Crippen molar-refractivity contribution < 1.29 is 9.72 Å². The average Bonchev–Trinajstić information content (AvgIpc) is 2.37. The molecular weight excluding hydrogens is 258 g/mol. The molecule has 1 N–H and O–H groups in total. The van der Waals surface area contributed by atoms with Gasteiger partial charge >= 0.3 is 0 Å². The number of rotatable bonds is 3. The SMILES string of the molecule is CC(=O)Nc1ccc(N2CCC[C@@H](C)C2)c([N+](=O)[O-])c1. The summed E-state index contributed by atoms with van der Waals surface area (Å²) in [5.41, 5.74) is 1.14. The summed E-state index contributed by atoms with van der Waals surface area (Å²) in [6, 6.07) is 4.86. The molecule has 1 aromatic carbocycles. The van der Waals surface area contributed by atoms with Crippen molar-refractivity contribution in [1.82, 2.24) is 0 Å². The highest BCUT2D eigenvalue weighted by molar-refractivity contribution is 5.89. The Morgan fingerprint density at radius 1 is 1.50 bits per heavy atom. The van der Waals surface area contributed by atoms with Crippen LogP contribution in [0.25, 0.3) is 0 Å². The number of anilines is 2. The third-order valence-corrected chi connectivity index (χ3v) is 3.49. The number of nitrogens with one attached hydrogen (secondary N) is 1. The maximum Gasteiger partial charge on any atom is 0.294 e.